The fraction of sp³-hybridized carbons (Fsp3) is 0.400. The molecule has 1 heterocycles. The molecule has 8 heteroatoms. The van der Waals surface area contributed by atoms with E-state index in [2.05, 4.69) is 0 Å². The summed E-state index contributed by atoms with van der Waals surface area (Å²) in [6.45, 7) is 3.67. The molecule has 1 aliphatic heterocycles. The number of hydrogen-bond donors (Lipinski definition) is 3. The summed E-state index contributed by atoms with van der Waals surface area (Å²) in [6, 6.07) is 15.0. The van der Waals surface area contributed by atoms with Gasteiger partial charge in [0.25, 0.3) is 10.1 Å². The Morgan fingerprint density at radius 1 is 1.21 bits per heavy atom. The maximum Gasteiger partial charge on any atom is 0.265 e. The molecule has 28 heavy (non-hydrogen) atoms. The molecule has 4 N–H and O–H groups in total. The highest BCUT2D eigenvalue weighted by Gasteiger charge is 2.27. The van der Waals surface area contributed by atoms with Crippen LogP contribution in [0.5, 0.6) is 11.5 Å². The van der Waals surface area contributed by atoms with E-state index in [0.717, 1.165) is 22.0 Å². The van der Waals surface area contributed by atoms with Crippen LogP contribution in [0.3, 0.4) is 0 Å². The van der Waals surface area contributed by atoms with Gasteiger partial charge in [0, 0.05) is 16.6 Å². The molecule has 6 nitrogen and oxygen atoms in total. The fourth-order valence-corrected chi connectivity index (χ4v) is 4.92. The van der Waals surface area contributed by atoms with E-state index in [1.807, 2.05) is 49.4 Å². The highest BCUT2D eigenvalue weighted by atomic mass is 32.2. The number of aromatic hydroxyl groups is 1. The minimum atomic E-state index is -3.94. The van der Waals surface area contributed by atoms with E-state index in [-0.39, 0.29) is 17.6 Å². The summed E-state index contributed by atoms with van der Waals surface area (Å²) >= 11 is 1.66. The number of benzene rings is 2. The van der Waals surface area contributed by atoms with E-state index in [4.69, 9.17) is 20.1 Å². The van der Waals surface area contributed by atoms with E-state index in [9.17, 15) is 8.42 Å². The lowest BCUT2D eigenvalue weighted by Crippen LogP contribution is -2.37. The molecule has 0 spiro atoms. The summed E-state index contributed by atoms with van der Waals surface area (Å²) in [5, 5.41) is 8.92. The van der Waals surface area contributed by atoms with Crippen molar-refractivity contribution in [2.45, 2.75) is 31.4 Å². The molecule has 0 aliphatic carbocycles. The van der Waals surface area contributed by atoms with Crippen LogP contribution in [-0.4, -0.2) is 35.8 Å². The topological polar surface area (TPSA) is 110 Å². The summed E-state index contributed by atoms with van der Waals surface area (Å²) in [6.07, 6.45) is 0.136. The third-order valence-corrected chi connectivity index (χ3v) is 6.58. The van der Waals surface area contributed by atoms with Crippen LogP contribution in [-0.2, 0) is 10.1 Å². The van der Waals surface area contributed by atoms with Crippen LogP contribution >= 0.6 is 11.8 Å². The van der Waals surface area contributed by atoms with Crippen molar-refractivity contribution >= 4 is 21.9 Å². The van der Waals surface area contributed by atoms with Crippen molar-refractivity contribution < 1.29 is 22.8 Å². The molecule has 3 atom stereocenters. The highest BCUT2D eigenvalue weighted by Crippen LogP contribution is 2.36. The Balaban J connectivity index is 0.000000292. The molecule has 1 aliphatic rings. The molecular formula is C20H27NO5S2. The summed E-state index contributed by atoms with van der Waals surface area (Å²) in [4.78, 5) is 1.05. The molecule has 0 bridgehead atoms. The van der Waals surface area contributed by atoms with Gasteiger partial charge in [0.15, 0.2) is 6.23 Å². The molecule has 0 aromatic heterocycles. The van der Waals surface area contributed by atoms with Crippen LogP contribution in [0.4, 0.5) is 0 Å². The van der Waals surface area contributed by atoms with Gasteiger partial charge in [0.05, 0.1) is 5.75 Å². The van der Waals surface area contributed by atoms with E-state index < -0.39 is 16.3 Å². The van der Waals surface area contributed by atoms with Crippen LogP contribution in [0, 0.1) is 18.8 Å². The first-order chi connectivity index (χ1) is 13.2. The predicted molar refractivity (Wildman–Crippen MR) is 112 cm³/mol. The average molecular weight is 426 g/mol. The lowest BCUT2D eigenvalue weighted by Gasteiger charge is -2.23. The lowest BCUT2D eigenvalue weighted by molar-refractivity contribution is 0.137. The Morgan fingerprint density at radius 3 is 2.46 bits per heavy atom. The van der Waals surface area contributed by atoms with Crippen molar-refractivity contribution in [3.05, 3.63) is 54.1 Å². The molecule has 3 rings (SSSR count). The van der Waals surface area contributed by atoms with Crippen molar-refractivity contribution in [3.63, 3.8) is 0 Å². The summed E-state index contributed by atoms with van der Waals surface area (Å²) in [5.41, 5.74) is 6.98. The first-order valence-electron chi connectivity index (χ1n) is 8.99. The Kier molecular flexibility index (Phi) is 8.18. The van der Waals surface area contributed by atoms with Crippen LogP contribution < -0.4 is 10.5 Å². The second kappa shape index (κ2) is 10.2. The van der Waals surface area contributed by atoms with Gasteiger partial charge in [-0.1, -0.05) is 37.3 Å². The number of phenols is 1. The standard InChI is InChI=1S/C13H19NO4S2.C7H8O/c1-9(8-20(15,16)17)6-10-7-19-12-5-3-2-4-11(12)18-13(10)14;1-6-4-2-3-5-7(6)8/h2-5,9-10,13H,6-8,14H2,1H3,(H,15,16,17);2-5,8H,1H3. The minimum Gasteiger partial charge on any atom is -0.508 e. The number of rotatable bonds is 4. The van der Waals surface area contributed by atoms with Crippen LogP contribution in [0.25, 0.3) is 0 Å². The maximum absolute atomic E-state index is 10.9. The number of nitrogens with two attached hydrogens (primary N) is 1. The van der Waals surface area contributed by atoms with Gasteiger partial charge in [-0.3, -0.25) is 10.3 Å². The number of aryl methyl sites for hydroxylation is 1. The Bertz CT molecular complexity index is 851. The summed E-state index contributed by atoms with van der Waals surface area (Å²) in [7, 11) is -3.94. The molecule has 2 aromatic rings. The second-order valence-electron chi connectivity index (χ2n) is 6.98. The van der Waals surface area contributed by atoms with Crippen molar-refractivity contribution in [3.8, 4) is 11.5 Å². The molecule has 0 radical (unpaired) electrons. The van der Waals surface area contributed by atoms with Crippen molar-refractivity contribution in [2.75, 3.05) is 11.5 Å². The third-order valence-electron chi connectivity index (χ3n) is 4.35. The minimum absolute atomic E-state index is 0.0455. The van der Waals surface area contributed by atoms with Gasteiger partial charge >= 0.3 is 0 Å². The molecule has 0 saturated carbocycles. The zero-order valence-corrected chi connectivity index (χ0v) is 17.6. The number of fused-ring (bicyclic) bond motifs is 1. The van der Waals surface area contributed by atoms with Gasteiger partial charge in [-0.15, -0.1) is 11.8 Å². The second-order valence-corrected chi connectivity index (χ2v) is 9.54. The lowest BCUT2D eigenvalue weighted by atomic mass is 9.97. The summed E-state index contributed by atoms with van der Waals surface area (Å²) < 4.78 is 36.4. The van der Waals surface area contributed by atoms with Gasteiger partial charge < -0.3 is 9.84 Å². The number of thioether (sulfide) groups is 1. The largest absolute Gasteiger partial charge is 0.508 e. The third kappa shape index (κ3) is 7.35. The van der Waals surface area contributed by atoms with Gasteiger partial charge in [-0.2, -0.15) is 8.42 Å². The molecule has 0 amide bonds. The first kappa shape index (κ1) is 22.5. The predicted octanol–water partition coefficient (Wildman–Crippen LogP) is 3.69. The SMILES string of the molecule is CC(CC1CSc2ccccc2OC1N)CS(=O)(=O)O.Cc1ccccc1O. The Hall–Kier alpha value is -1.74. The molecule has 0 fully saturated rings. The number of para-hydroxylation sites is 2. The monoisotopic (exact) mass is 425 g/mol. The number of ether oxygens (including phenoxy) is 1. The molecular weight excluding hydrogens is 398 g/mol. The van der Waals surface area contributed by atoms with Gasteiger partial charge in [0.2, 0.25) is 0 Å². The van der Waals surface area contributed by atoms with E-state index in [1.165, 1.54) is 0 Å². The van der Waals surface area contributed by atoms with Crippen molar-refractivity contribution in [1.29, 1.82) is 0 Å². The van der Waals surface area contributed by atoms with Crippen LogP contribution in [0.2, 0.25) is 0 Å². The maximum atomic E-state index is 10.9. The zero-order chi connectivity index (χ0) is 20.7. The van der Waals surface area contributed by atoms with E-state index >= 15 is 0 Å². The number of hydrogen-bond acceptors (Lipinski definition) is 6. The van der Waals surface area contributed by atoms with E-state index in [1.54, 1.807) is 24.8 Å². The van der Waals surface area contributed by atoms with Crippen LogP contribution in [0.15, 0.2) is 53.4 Å². The molecule has 0 saturated heterocycles. The Morgan fingerprint density at radius 2 is 1.86 bits per heavy atom. The van der Waals surface area contributed by atoms with Gasteiger partial charge in [-0.25, -0.2) is 0 Å². The fourth-order valence-electron chi connectivity index (χ4n) is 2.91. The normalized spacial score (nSPS) is 20.0. The van der Waals surface area contributed by atoms with Crippen LogP contribution in [0.1, 0.15) is 18.9 Å². The van der Waals surface area contributed by atoms with Crippen molar-refractivity contribution in [1.82, 2.24) is 0 Å². The Labute approximate surface area is 170 Å². The molecule has 2 aromatic carbocycles. The highest BCUT2D eigenvalue weighted by molar-refractivity contribution is 7.99. The first-order valence-corrected chi connectivity index (χ1v) is 11.6. The number of phenolic OH excluding ortho intramolecular Hbond substituents is 1. The van der Waals surface area contributed by atoms with Gasteiger partial charge in [-0.05, 0) is 43.0 Å². The smallest absolute Gasteiger partial charge is 0.265 e. The van der Waals surface area contributed by atoms with E-state index in [0.29, 0.717) is 12.2 Å². The zero-order valence-electron chi connectivity index (χ0n) is 16.0. The average Bonchev–Trinajstić information content (AvgIpc) is 2.76. The van der Waals surface area contributed by atoms with Gasteiger partial charge in [0.1, 0.15) is 11.5 Å². The molecule has 3 unspecified atom stereocenters. The quantitative estimate of drug-likeness (QED) is 0.641. The van der Waals surface area contributed by atoms with Crippen molar-refractivity contribution in [2.24, 2.45) is 17.6 Å². The molecule has 154 valence electrons. The summed E-state index contributed by atoms with van der Waals surface area (Å²) in [5.74, 6) is 1.56.